The van der Waals surface area contributed by atoms with E-state index < -0.39 is 0 Å². The van der Waals surface area contributed by atoms with Gasteiger partial charge in [-0.2, -0.15) is 0 Å². The van der Waals surface area contributed by atoms with Gasteiger partial charge < -0.3 is 4.42 Å². The summed E-state index contributed by atoms with van der Waals surface area (Å²) in [7, 11) is 0. The predicted octanol–water partition coefficient (Wildman–Crippen LogP) is 5.25. The van der Waals surface area contributed by atoms with E-state index in [2.05, 4.69) is 17.5 Å². The summed E-state index contributed by atoms with van der Waals surface area (Å²) in [6, 6.07) is 15.5. The van der Waals surface area contributed by atoms with Crippen molar-refractivity contribution < 1.29 is 4.42 Å². The molecule has 0 aliphatic heterocycles. The smallest absolute Gasteiger partial charge is 0.201 e. The molecule has 3 aromatic heterocycles. The maximum Gasteiger partial charge on any atom is 0.201 e. The molecule has 0 fully saturated rings. The Morgan fingerprint density at radius 3 is 2.57 bits per heavy atom. The predicted molar refractivity (Wildman–Crippen MR) is 89.1 cm³/mol. The molecule has 0 N–H and O–H groups in total. The molecule has 0 radical (unpaired) electrons. The van der Waals surface area contributed by atoms with Crippen molar-refractivity contribution in [2.24, 2.45) is 0 Å². The van der Waals surface area contributed by atoms with Gasteiger partial charge in [0.05, 0.1) is 10.9 Å². The topological polar surface area (TPSA) is 30.2 Å². The van der Waals surface area contributed by atoms with Crippen LogP contribution in [0.4, 0.5) is 0 Å². The summed E-state index contributed by atoms with van der Waals surface area (Å²) in [6.45, 7) is 0. The highest BCUT2D eigenvalue weighted by atomic mass is 32.1. The Morgan fingerprint density at radius 2 is 1.71 bits per heavy atom. The molecule has 4 aromatic rings. The zero-order valence-corrected chi connectivity index (χ0v) is 12.5. The van der Waals surface area contributed by atoms with E-state index in [-0.39, 0.29) is 5.43 Å². The van der Waals surface area contributed by atoms with E-state index in [4.69, 9.17) is 4.42 Å². The molecule has 21 heavy (non-hydrogen) atoms. The van der Waals surface area contributed by atoms with Gasteiger partial charge in [-0.25, -0.2) is 0 Å². The molecule has 4 heteroatoms. The molecule has 0 aliphatic carbocycles. The molecule has 0 bridgehead atoms. The van der Waals surface area contributed by atoms with Gasteiger partial charge in [0.25, 0.3) is 0 Å². The minimum absolute atomic E-state index is 0.0245. The fourth-order valence-electron chi connectivity index (χ4n) is 2.28. The lowest BCUT2D eigenvalue weighted by Gasteiger charge is -1.99. The molecular weight excluding hydrogens is 300 g/mol. The molecular formula is C17H10O2S2. The van der Waals surface area contributed by atoms with Crippen LogP contribution in [0.15, 0.2) is 69.4 Å². The minimum Gasteiger partial charge on any atom is -0.463 e. The number of thiophene rings is 2. The SMILES string of the molecule is O=c1c(-c2ccc(-c3cccs3)s2)coc2ccccc12. The fourth-order valence-corrected chi connectivity index (χ4v) is 4.12. The van der Waals surface area contributed by atoms with Crippen molar-refractivity contribution >= 4 is 33.6 Å². The third kappa shape index (κ3) is 2.13. The zero-order chi connectivity index (χ0) is 14.2. The maximum absolute atomic E-state index is 12.6. The standard InChI is InChI=1S/C17H10O2S2/c18-17-11-4-1-2-5-13(11)19-10-12(17)14-7-8-16(21-14)15-6-3-9-20-15/h1-10H. The number of fused-ring (bicyclic) bond motifs is 1. The molecule has 4 rings (SSSR count). The Bertz CT molecular complexity index is 962. The third-order valence-corrected chi connectivity index (χ3v) is 5.50. The van der Waals surface area contributed by atoms with Crippen molar-refractivity contribution in [2.45, 2.75) is 0 Å². The monoisotopic (exact) mass is 310 g/mol. The Hall–Kier alpha value is -2.17. The molecule has 0 atom stereocenters. The molecule has 0 saturated carbocycles. The number of rotatable bonds is 2. The largest absolute Gasteiger partial charge is 0.463 e. The van der Waals surface area contributed by atoms with Crippen molar-refractivity contribution in [3.05, 3.63) is 70.4 Å². The highest BCUT2D eigenvalue weighted by Crippen LogP contribution is 2.35. The summed E-state index contributed by atoms with van der Waals surface area (Å²) in [6.07, 6.45) is 1.56. The molecule has 0 aliphatic rings. The van der Waals surface area contributed by atoms with Crippen molar-refractivity contribution in [2.75, 3.05) is 0 Å². The van der Waals surface area contributed by atoms with Crippen LogP contribution >= 0.6 is 22.7 Å². The Balaban J connectivity index is 1.87. The lowest BCUT2D eigenvalue weighted by molar-refractivity contribution is 0.605. The van der Waals surface area contributed by atoms with Crippen LogP contribution in [0.2, 0.25) is 0 Å². The second kappa shape index (κ2) is 4.98. The van der Waals surface area contributed by atoms with Crippen LogP contribution in [0, 0.1) is 0 Å². The van der Waals surface area contributed by atoms with Crippen LogP contribution in [0.3, 0.4) is 0 Å². The van der Waals surface area contributed by atoms with Crippen molar-refractivity contribution in [1.82, 2.24) is 0 Å². The van der Waals surface area contributed by atoms with Gasteiger partial charge in [0, 0.05) is 14.6 Å². The first-order chi connectivity index (χ1) is 10.3. The van der Waals surface area contributed by atoms with Crippen molar-refractivity contribution in [3.63, 3.8) is 0 Å². The van der Waals surface area contributed by atoms with E-state index in [0.717, 1.165) is 4.88 Å². The van der Waals surface area contributed by atoms with Gasteiger partial charge in [0.15, 0.2) is 0 Å². The number of benzene rings is 1. The van der Waals surface area contributed by atoms with Crippen LogP contribution in [-0.2, 0) is 0 Å². The van der Waals surface area contributed by atoms with E-state index in [0.29, 0.717) is 16.5 Å². The molecule has 0 unspecified atom stereocenters. The van der Waals surface area contributed by atoms with Gasteiger partial charge in [-0.1, -0.05) is 18.2 Å². The summed E-state index contributed by atoms with van der Waals surface area (Å²) in [5.41, 5.74) is 1.28. The van der Waals surface area contributed by atoms with Crippen LogP contribution in [-0.4, -0.2) is 0 Å². The van der Waals surface area contributed by atoms with Crippen molar-refractivity contribution in [3.8, 4) is 20.2 Å². The molecule has 3 heterocycles. The van der Waals surface area contributed by atoms with Gasteiger partial charge in [0.2, 0.25) is 5.43 Å². The van der Waals surface area contributed by atoms with Gasteiger partial charge >= 0.3 is 0 Å². The molecule has 2 nitrogen and oxygen atoms in total. The first kappa shape index (κ1) is 12.6. The summed E-state index contributed by atoms with van der Waals surface area (Å²) in [4.78, 5) is 15.9. The van der Waals surface area contributed by atoms with Gasteiger partial charge in [-0.3, -0.25) is 4.79 Å². The van der Waals surface area contributed by atoms with E-state index >= 15 is 0 Å². The quantitative estimate of drug-likeness (QED) is 0.506. The summed E-state index contributed by atoms with van der Waals surface area (Å²) < 4.78 is 5.59. The summed E-state index contributed by atoms with van der Waals surface area (Å²) in [5, 5.41) is 2.68. The van der Waals surface area contributed by atoms with Gasteiger partial charge in [-0.15, -0.1) is 22.7 Å². The lowest BCUT2D eigenvalue weighted by atomic mass is 10.1. The molecule has 0 saturated heterocycles. The van der Waals surface area contributed by atoms with E-state index in [1.54, 1.807) is 35.0 Å². The average Bonchev–Trinajstić information content (AvgIpc) is 3.19. The van der Waals surface area contributed by atoms with Crippen molar-refractivity contribution in [1.29, 1.82) is 0 Å². The van der Waals surface area contributed by atoms with Gasteiger partial charge in [0.1, 0.15) is 11.8 Å². The zero-order valence-electron chi connectivity index (χ0n) is 10.9. The van der Waals surface area contributed by atoms with E-state index in [9.17, 15) is 4.79 Å². The van der Waals surface area contributed by atoms with E-state index in [1.807, 2.05) is 30.3 Å². The maximum atomic E-state index is 12.6. The second-order valence-electron chi connectivity index (χ2n) is 4.62. The molecule has 102 valence electrons. The van der Waals surface area contributed by atoms with Crippen LogP contribution in [0.25, 0.3) is 31.2 Å². The lowest BCUT2D eigenvalue weighted by Crippen LogP contribution is -2.03. The molecule has 0 amide bonds. The Labute approximate surface area is 128 Å². The third-order valence-electron chi connectivity index (χ3n) is 3.32. The normalized spacial score (nSPS) is 11.0. The first-order valence-electron chi connectivity index (χ1n) is 6.47. The minimum atomic E-state index is 0.0245. The van der Waals surface area contributed by atoms with Crippen LogP contribution in [0.1, 0.15) is 0 Å². The van der Waals surface area contributed by atoms with Crippen LogP contribution < -0.4 is 5.43 Å². The second-order valence-corrected chi connectivity index (χ2v) is 6.65. The highest BCUT2D eigenvalue weighted by Gasteiger charge is 2.12. The molecule has 0 spiro atoms. The van der Waals surface area contributed by atoms with Gasteiger partial charge in [-0.05, 0) is 35.7 Å². The average molecular weight is 310 g/mol. The Kier molecular flexibility index (Phi) is 2.98. The van der Waals surface area contributed by atoms with E-state index in [1.165, 1.54) is 9.75 Å². The highest BCUT2D eigenvalue weighted by molar-refractivity contribution is 7.23. The first-order valence-corrected chi connectivity index (χ1v) is 8.17. The fraction of sp³-hybridized carbons (Fsp3) is 0. The number of para-hydroxylation sites is 1. The summed E-state index contributed by atoms with van der Waals surface area (Å²) >= 11 is 3.32. The Morgan fingerprint density at radius 1 is 0.857 bits per heavy atom. The number of hydrogen-bond acceptors (Lipinski definition) is 4. The summed E-state index contributed by atoms with van der Waals surface area (Å²) in [5.74, 6) is 0. The number of hydrogen-bond donors (Lipinski definition) is 0. The van der Waals surface area contributed by atoms with Crippen LogP contribution in [0.5, 0.6) is 0 Å². The molecule has 1 aromatic carbocycles.